The molecule has 2 fully saturated rings. The molecular weight excluding hydrogens is 269 g/mol. The highest BCUT2D eigenvalue weighted by atomic mass is 19.1. The summed E-state index contributed by atoms with van der Waals surface area (Å²) in [6.07, 6.45) is 6.42. The van der Waals surface area contributed by atoms with Gasteiger partial charge >= 0.3 is 0 Å². The van der Waals surface area contributed by atoms with E-state index < -0.39 is 0 Å². The van der Waals surface area contributed by atoms with Gasteiger partial charge in [0.1, 0.15) is 5.82 Å². The third-order valence-electron chi connectivity index (χ3n) is 4.98. The number of halogens is 1. The van der Waals surface area contributed by atoms with Crippen molar-refractivity contribution < 1.29 is 9.60 Å². The Morgan fingerprint density at radius 2 is 2.00 bits per heavy atom. The summed E-state index contributed by atoms with van der Waals surface area (Å²) in [6.45, 7) is 1.87. The average Bonchev–Trinajstić information content (AvgIpc) is 2.53. The van der Waals surface area contributed by atoms with Gasteiger partial charge in [-0.25, -0.2) is 4.39 Å². The molecule has 0 aromatic heterocycles. The maximum absolute atomic E-state index is 14.3. The monoisotopic (exact) mass is 291 g/mol. The molecule has 3 N–H and O–H groups in total. The average molecular weight is 291 g/mol. The zero-order valence-corrected chi connectivity index (χ0v) is 12.1. The van der Waals surface area contributed by atoms with Crippen molar-refractivity contribution in [2.24, 2.45) is 22.7 Å². The van der Waals surface area contributed by atoms with Crippen LogP contribution in [-0.4, -0.2) is 24.1 Å². The van der Waals surface area contributed by atoms with Crippen LogP contribution in [0.1, 0.15) is 37.7 Å². The van der Waals surface area contributed by atoms with Crippen molar-refractivity contribution in [2.75, 3.05) is 18.0 Å². The quantitative estimate of drug-likeness (QED) is 0.381. The predicted molar refractivity (Wildman–Crippen MR) is 81.2 cm³/mol. The Bertz CT molecular complexity index is 546. The number of piperidine rings is 1. The molecule has 114 valence electrons. The molecule has 2 aliphatic rings. The van der Waals surface area contributed by atoms with Crippen LogP contribution in [0.4, 0.5) is 10.1 Å². The van der Waals surface area contributed by atoms with Crippen LogP contribution in [0.2, 0.25) is 0 Å². The van der Waals surface area contributed by atoms with Crippen LogP contribution in [0.5, 0.6) is 0 Å². The summed E-state index contributed by atoms with van der Waals surface area (Å²) in [5, 5.41) is 11.6. The van der Waals surface area contributed by atoms with Gasteiger partial charge in [0.05, 0.1) is 5.69 Å². The van der Waals surface area contributed by atoms with Crippen molar-refractivity contribution >= 4 is 11.5 Å². The van der Waals surface area contributed by atoms with Crippen LogP contribution in [0, 0.1) is 17.7 Å². The van der Waals surface area contributed by atoms with Gasteiger partial charge in [-0.1, -0.05) is 24.4 Å². The Hall–Kier alpha value is -1.78. The lowest BCUT2D eigenvalue weighted by Crippen LogP contribution is -2.42. The van der Waals surface area contributed by atoms with Crippen LogP contribution in [0.25, 0.3) is 0 Å². The van der Waals surface area contributed by atoms with E-state index in [0.29, 0.717) is 17.2 Å². The Labute approximate surface area is 124 Å². The van der Waals surface area contributed by atoms with Crippen LogP contribution in [0.3, 0.4) is 0 Å². The number of nitrogens with two attached hydrogens (primary N) is 1. The highest BCUT2D eigenvalue weighted by Gasteiger charge is 2.31. The van der Waals surface area contributed by atoms with Gasteiger partial charge in [-0.05, 0) is 42.9 Å². The number of nitrogens with zero attached hydrogens (tertiary/aromatic N) is 2. The van der Waals surface area contributed by atoms with Gasteiger partial charge in [0.2, 0.25) is 0 Å². The Kier molecular flexibility index (Phi) is 3.99. The summed E-state index contributed by atoms with van der Waals surface area (Å²) in [5.74, 6) is 1.17. The summed E-state index contributed by atoms with van der Waals surface area (Å²) in [5.41, 5.74) is 6.54. The topological polar surface area (TPSA) is 61.9 Å². The smallest absolute Gasteiger partial charge is 0.170 e. The maximum Gasteiger partial charge on any atom is 0.170 e. The zero-order valence-electron chi connectivity index (χ0n) is 12.1. The van der Waals surface area contributed by atoms with E-state index in [2.05, 4.69) is 10.1 Å². The fourth-order valence-corrected chi connectivity index (χ4v) is 3.80. The number of hydrogen-bond donors (Lipinski definition) is 2. The van der Waals surface area contributed by atoms with Crippen molar-refractivity contribution in [1.82, 2.24) is 0 Å². The highest BCUT2D eigenvalue weighted by molar-refractivity contribution is 5.97. The van der Waals surface area contributed by atoms with Gasteiger partial charge < -0.3 is 15.8 Å². The second kappa shape index (κ2) is 5.92. The first-order valence-corrected chi connectivity index (χ1v) is 7.71. The second-order valence-electron chi connectivity index (χ2n) is 6.19. The molecule has 1 saturated carbocycles. The molecule has 1 aromatic carbocycles. The summed E-state index contributed by atoms with van der Waals surface area (Å²) in [7, 11) is 0. The fourth-order valence-electron chi connectivity index (χ4n) is 3.80. The van der Waals surface area contributed by atoms with E-state index in [4.69, 9.17) is 10.9 Å². The van der Waals surface area contributed by atoms with E-state index in [1.807, 2.05) is 0 Å². The SMILES string of the molecule is N/C(=N\O)c1ccc(N2CCC3CCCCC3C2)c(F)c1. The van der Waals surface area contributed by atoms with Crippen molar-refractivity contribution in [3.63, 3.8) is 0 Å². The molecule has 21 heavy (non-hydrogen) atoms. The lowest BCUT2D eigenvalue weighted by atomic mass is 9.75. The second-order valence-corrected chi connectivity index (χ2v) is 6.19. The number of amidine groups is 1. The number of rotatable bonds is 2. The van der Waals surface area contributed by atoms with Gasteiger partial charge in [0, 0.05) is 18.7 Å². The van der Waals surface area contributed by atoms with Gasteiger partial charge in [-0.15, -0.1) is 0 Å². The van der Waals surface area contributed by atoms with E-state index in [9.17, 15) is 4.39 Å². The van der Waals surface area contributed by atoms with Crippen molar-refractivity contribution in [3.05, 3.63) is 29.6 Å². The molecule has 5 heteroatoms. The minimum absolute atomic E-state index is 0.0635. The molecule has 2 unspecified atom stereocenters. The molecule has 4 nitrogen and oxygen atoms in total. The Balaban J connectivity index is 1.78. The molecule has 0 amide bonds. The van der Waals surface area contributed by atoms with Crippen LogP contribution < -0.4 is 10.6 Å². The first kappa shape index (κ1) is 14.2. The van der Waals surface area contributed by atoms with E-state index in [1.54, 1.807) is 12.1 Å². The van der Waals surface area contributed by atoms with Crippen molar-refractivity contribution in [2.45, 2.75) is 32.1 Å². The highest BCUT2D eigenvalue weighted by Crippen LogP contribution is 2.38. The van der Waals surface area contributed by atoms with Gasteiger partial charge in [-0.3, -0.25) is 0 Å². The molecule has 1 aromatic rings. The zero-order chi connectivity index (χ0) is 14.8. The molecule has 0 radical (unpaired) electrons. The first-order chi connectivity index (χ1) is 10.2. The van der Waals surface area contributed by atoms with Gasteiger partial charge in [0.15, 0.2) is 5.84 Å². The molecule has 3 rings (SSSR count). The summed E-state index contributed by atoms with van der Waals surface area (Å²) < 4.78 is 14.3. The molecule has 2 atom stereocenters. The standard InChI is InChI=1S/C16H22FN3O/c17-14-9-12(16(18)19-21)5-6-15(14)20-8-7-11-3-1-2-4-13(11)10-20/h5-6,9,11,13,21H,1-4,7-8,10H2,(H2,18,19). The van der Waals surface area contributed by atoms with Crippen LogP contribution in [0.15, 0.2) is 23.4 Å². The fraction of sp³-hybridized carbons (Fsp3) is 0.562. The molecule has 0 bridgehead atoms. The maximum atomic E-state index is 14.3. The van der Waals surface area contributed by atoms with Gasteiger partial charge in [-0.2, -0.15) is 0 Å². The van der Waals surface area contributed by atoms with E-state index in [1.165, 1.54) is 31.7 Å². The molecule has 1 aliphatic heterocycles. The Morgan fingerprint density at radius 1 is 1.24 bits per heavy atom. The summed E-state index contributed by atoms with van der Waals surface area (Å²) in [6, 6.07) is 4.80. The van der Waals surface area contributed by atoms with E-state index >= 15 is 0 Å². The molecule has 1 heterocycles. The minimum atomic E-state index is -0.298. The minimum Gasteiger partial charge on any atom is -0.409 e. The van der Waals surface area contributed by atoms with Gasteiger partial charge in [0.25, 0.3) is 0 Å². The summed E-state index contributed by atoms with van der Waals surface area (Å²) >= 11 is 0. The Morgan fingerprint density at radius 3 is 2.71 bits per heavy atom. The van der Waals surface area contributed by atoms with E-state index in [-0.39, 0.29) is 11.7 Å². The number of anilines is 1. The number of fused-ring (bicyclic) bond motifs is 1. The lowest BCUT2D eigenvalue weighted by Gasteiger charge is -2.42. The number of oxime groups is 1. The largest absolute Gasteiger partial charge is 0.409 e. The number of benzene rings is 1. The third-order valence-corrected chi connectivity index (χ3v) is 4.98. The molecular formula is C16H22FN3O. The van der Waals surface area contributed by atoms with E-state index in [0.717, 1.165) is 25.4 Å². The first-order valence-electron chi connectivity index (χ1n) is 7.71. The third kappa shape index (κ3) is 2.82. The molecule has 0 spiro atoms. The molecule has 1 saturated heterocycles. The summed E-state index contributed by atoms with van der Waals surface area (Å²) in [4.78, 5) is 2.15. The normalized spacial score (nSPS) is 26.5. The van der Waals surface area contributed by atoms with Crippen molar-refractivity contribution in [1.29, 1.82) is 0 Å². The molecule has 1 aliphatic carbocycles. The van der Waals surface area contributed by atoms with Crippen molar-refractivity contribution in [3.8, 4) is 0 Å². The number of hydrogen-bond acceptors (Lipinski definition) is 3. The van der Waals surface area contributed by atoms with Crippen LogP contribution >= 0.6 is 0 Å². The predicted octanol–water partition coefficient (Wildman–Crippen LogP) is 2.94. The lowest BCUT2D eigenvalue weighted by molar-refractivity contribution is 0.202. The van der Waals surface area contributed by atoms with Crippen LogP contribution in [-0.2, 0) is 0 Å².